The number of anilines is 1. The number of nitrogens with one attached hydrogen (secondary N) is 1. The zero-order valence-electron chi connectivity index (χ0n) is 10.1. The van der Waals surface area contributed by atoms with Gasteiger partial charge in [0.15, 0.2) is 0 Å². The highest BCUT2D eigenvalue weighted by molar-refractivity contribution is 5.90. The molecule has 0 spiro atoms. The van der Waals surface area contributed by atoms with Crippen molar-refractivity contribution in [1.29, 1.82) is 0 Å². The van der Waals surface area contributed by atoms with Crippen molar-refractivity contribution < 1.29 is 9.90 Å². The van der Waals surface area contributed by atoms with Gasteiger partial charge in [-0.15, -0.1) is 0 Å². The summed E-state index contributed by atoms with van der Waals surface area (Å²) in [5.41, 5.74) is 1.63. The summed E-state index contributed by atoms with van der Waals surface area (Å²) in [6.07, 6.45) is 2.46. The molecule has 0 saturated carbocycles. The van der Waals surface area contributed by atoms with E-state index in [0.717, 1.165) is 23.0 Å². The summed E-state index contributed by atoms with van der Waals surface area (Å²) >= 11 is 0. The molecule has 1 aromatic heterocycles. The number of carbonyl (C=O) groups is 1. The molecule has 0 fully saturated rings. The minimum Gasteiger partial charge on any atom is -0.481 e. The number of hydrogen-bond donors (Lipinski definition) is 2. The van der Waals surface area contributed by atoms with Gasteiger partial charge < -0.3 is 10.4 Å². The zero-order valence-corrected chi connectivity index (χ0v) is 10.1. The summed E-state index contributed by atoms with van der Waals surface area (Å²) in [6, 6.07) is 7.55. The fraction of sp³-hybridized carbons (Fsp3) is 0.308. The van der Waals surface area contributed by atoms with Crippen molar-refractivity contribution in [3.8, 4) is 0 Å². The van der Waals surface area contributed by atoms with E-state index in [1.165, 1.54) is 0 Å². The van der Waals surface area contributed by atoms with E-state index in [4.69, 9.17) is 5.11 Å². The average Bonchev–Trinajstić information content (AvgIpc) is 2.38. The Kier molecular flexibility index (Phi) is 3.72. The number of hydrogen-bond acceptors (Lipinski definition) is 4. The molecule has 2 N–H and O–H groups in total. The van der Waals surface area contributed by atoms with E-state index >= 15 is 0 Å². The highest BCUT2D eigenvalue weighted by Gasteiger charge is 2.12. The highest BCUT2D eigenvalue weighted by Crippen LogP contribution is 2.21. The summed E-state index contributed by atoms with van der Waals surface area (Å²) in [7, 11) is 0. The Bertz CT molecular complexity index is 551. The maximum absolute atomic E-state index is 10.8. The molecule has 1 atom stereocenters. The van der Waals surface area contributed by atoms with E-state index in [1.54, 1.807) is 6.20 Å². The van der Waals surface area contributed by atoms with Gasteiger partial charge >= 0.3 is 5.97 Å². The molecule has 94 valence electrons. The SMILES string of the molecule is CCC(CC(=O)O)Nc1cnnc2ccccc12. The summed E-state index contributed by atoms with van der Waals surface area (Å²) in [6.45, 7) is 1.96. The predicted molar refractivity (Wildman–Crippen MR) is 69.5 cm³/mol. The van der Waals surface area contributed by atoms with Crippen LogP contribution in [0.1, 0.15) is 19.8 Å². The third-order valence-electron chi connectivity index (χ3n) is 2.82. The standard InChI is InChI=1S/C13H15N3O2/c1-2-9(7-13(17)18)15-12-8-14-16-11-6-4-3-5-10(11)12/h3-6,8-9H,2,7H2,1H3,(H,15,16)(H,17,18). The first kappa shape index (κ1) is 12.3. The molecule has 2 rings (SSSR count). The van der Waals surface area contributed by atoms with E-state index in [2.05, 4.69) is 15.5 Å². The number of carboxylic acid groups (broad SMARTS) is 1. The predicted octanol–water partition coefficient (Wildman–Crippen LogP) is 2.29. The molecule has 5 heteroatoms. The lowest BCUT2D eigenvalue weighted by atomic mass is 10.1. The van der Waals surface area contributed by atoms with E-state index < -0.39 is 5.97 Å². The van der Waals surface area contributed by atoms with Gasteiger partial charge in [-0.3, -0.25) is 4.79 Å². The van der Waals surface area contributed by atoms with Gasteiger partial charge in [-0.1, -0.05) is 25.1 Å². The first-order chi connectivity index (χ1) is 8.70. The summed E-state index contributed by atoms with van der Waals surface area (Å²) < 4.78 is 0. The number of nitrogens with zero attached hydrogens (tertiary/aromatic N) is 2. The average molecular weight is 245 g/mol. The number of carboxylic acids is 1. The van der Waals surface area contributed by atoms with E-state index in [0.29, 0.717) is 0 Å². The summed E-state index contributed by atoms with van der Waals surface area (Å²) in [4.78, 5) is 10.8. The first-order valence-electron chi connectivity index (χ1n) is 5.89. The Hall–Kier alpha value is -2.17. The maximum Gasteiger partial charge on any atom is 0.305 e. The quantitative estimate of drug-likeness (QED) is 0.845. The molecule has 0 bridgehead atoms. The fourth-order valence-electron chi connectivity index (χ4n) is 1.85. The van der Waals surface area contributed by atoms with Crippen molar-refractivity contribution in [3.05, 3.63) is 30.5 Å². The lowest BCUT2D eigenvalue weighted by molar-refractivity contribution is -0.137. The van der Waals surface area contributed by atoms with Crippen LogP contribution in [0.4, 0.5) is 5.69 Å². The van der Waals surface area contributed by atoms with Crippen molar-refractivity contribution >= 4 is 22.6 Å². The minimum absolute atomic E-state index is 0.0904. The number of rotatable bonds is 5. The topological polar surface area (TPSA) is 75.1 Å². The normalized spacial score (nSPS) is 12.3. The minimum atomic E-state index is -0.805. The van der Waals surface area contributed by atoms with Gasteiger partial charge in [-0.05, 0) is 12.5 Å². The molecule has 1 unspecified atom stereocenters. The molecule has 2 aromatic rings. The largest absolute Gasteiger partial charge is 0.481 e. The smallest absolute Gasteiger partial charge is 0.305 e. The Morgan fingerprint density at radius 1 is 1.44 bits per heavy atom. The summed E-state index contributed by atoms with van der Waals surface area (Å²) in [5.74, 6) is -0.805. The van der Waals surface area contributed by atoms with Gasteiger partial charge in [0.25, 0.3) is 0 Å². The molecule has 1 heterocycles. The summed E-state index contributed by atoms with van der Waals surface area (Å²) in [5, 5.41) is 21.0. The van der Waals surface area contributed by atoms with E-state index in [-0.39, 0.29) is 12.5 Å². The fourth-order valence-corrected chi connectivity index (χ4v) is 1.85. The molecule has 0 aliphatic heterocycles. The molecule has 0 radical (unpaired) electrons. The third kappa shape index (κ3) is 2.74. The molecule has 5 nitrogen and oxygen atoms in total. The van der Waals surface area contributed by atoms with Gasteiger partial charge in [-0.2, -0.15) is 10.2 Å². The van der Waals surface area contributed by atoms with Crippen LogP contribution in [0.25, 0.3) is 10.9 Å². The monoisotopic (exact) mass is 245 g/mol. The Balaban J connectivity index is 2.27. The molecule has 18 heavy (non-hydrogen) atoms. The first-order valence-corrected chi connectivity index (χ1v) is 5.89. The lowest BCUT2D eigenvalue weighted by Gasteiger charge is -2.16. The van der Waals surface area contributed by atoms with Crippen LogP contribution in [0.3, 0.4) is 0 Å². The van der Waals surface area contributed by atoms with Crippen molar-refractivity contribution in [2.45, 2.75) is 25.8 Å². The molecule has 0 aliphatic carbocycles. The second kappa shape index (κ2) is 5.44. The third-order valence-corrected chi connectivity index (χ3v) is 2.82. The van der Waals surface area contributed by atoms with Crippen LogP contribution in [0, 0.1) is 0 Å². The molecule has 0 amide bonds. The Morgan fingerprint density at radius 3 is 2.94 bits per heavy atom. The maximum atomic E-state index is 10.8. The Labute approximate surface area is 105 Å². The number of aromatic nitrogens is 2. The molecular weight excluding hydrogens is 230 g/mol. The van der Waals surface area contributed by atoms with Gasteiger partial charge in [0.1, 0.15) is 0 Å². The van der Waals surface area contributed by atoms with Crippen molar-refractivity contribution in [1.82, 2.24) is 10.2 Å². The van der Waals surface area contributed by atoms with E-state index in [9.17, 15) is 4.79 Å². The molecule has 0 saturated heterocycles. The molecule has 1 aromatic carbocycles. The molecular formula is C13H15N3O2. The van der Waals surface area contributed by atoms with Crippen molar-refractivity contribution in [3.63, 3.8) is 0 Å². The van der Waals surface area contributed by atoms with Gasteiger partial charge in [0.05, 0.1) is 23.8 Å². The van der Waals surface area contributed by atoms with Crippen LogP contribution in [0.15, 0.2) is 30.5 Å². The molecule has 0 aliphatic rings. The lowest BCUT2D eigenvalue weighted by Crippen LogP contribution is -2.22. The second-order valence-electron chi connectivity index (χ2n) is 4.12. The van der Waals surface area contributed by atoms with Crippen LogP contribution in [0.5, 0.6) is 0 Å². The van der Waals surface area contributed by atoms with Crippen LogP contribution in [0.2, 0.25) is 0 Å². The zero-order chi connectivity index (χ0) is 13.0. The van der Waals surface area contributed by atoms with Crippen LogP contribution >= 0.6 is 0 Å². The second-order valence-corrected chi connectivity index (χ2v) is 4.12. The number of aliphatic carboxylic acids is 1. The van der Waals surface area contributed by atoms with Gasteiger partial charge in [-0.25, -0.2) is 0 Å². The number of benzene rings is 1. The van der Waals surface area contributed by atoms with Gasteiger partial charge in [0, 0.05) is 11.4 Å². The Morgan fingerprint density at radius 2 is 2.22 bits per heavy atom. The number of fused-ring (bicyclic) bond motifs is 1. The van der Waals surface area contributed by atoms with Crippen LogP contribution in [-0.4, -0.2) is 27.3 Å². The van der Waals surface area contributed by atoms with Crippen LogP contribution in [-0.2, 0) is 4.79 Å². The van der Waals surface area contributed by atoms with E-state index in [1.807, 2.05) is 31.2 Å². The highest BCUT2D eigenvalue weighted by atomic mass is 16.4. The van der Waals surface area contributed by atoms with Crippen molar-refractivity contribution in [2.75, 3.05) is 5.32 Å². The van der Waals surface area contributed by atoms with Crippen LogP contribution < -0.4 is 5.32 Å². The van der Waals surface area contributed by atoms with Crippen molar-refractivity contribution in [2.24, 2.45) is 0 Å². The van der Waals surface area contributed by atoms with Gasteiger partial charge in [0.2, 0.25) is 0 Å².